The number of anilines is 2. The Bertz CT molecular complexity index is 924. The normalized spacial score (nSPS) is 15.8. The van der Waals surface area contributed by atoms with E-state index in [-0.39, 0.29) is 36.4 Å². The Morgan fingerprint density at radius 1 is 1.32 bits per heavy atom. The standard InChI is InChI=1S/C21H25N3O4/c1-12-7-15-14(13-5-6-19(28-4)18(25)8-13)9-20(26)23-17(15)10-16(12)22-21(27)11-24(2)3/h5-8,10,14,25H,9,11H2,1-4H3,(H,22,27)(H,23,26). The van der Waals surface area contributed by atoms with Crippen molar-refractivity contribution in [2.24, 2.45) is 0 Å². The number of nitrogens with zero attached hydrogens (tertiary/aromatic N) is 1. The van der Waals surface area contributed by atoms with Crippen molar-refractivity contribution in [1.29, 1.82) is 0 Å². The van der Waals surface area contributed by atoms with E-state index in [2.05, 4.69) is 10.6 Å². The molecule has 2 amide bonds. The third kappa shape index (κ3) is 4.09. The average Bonchev–Trinajstić information content (AvgIpc) is 2.61. The molecule has 2 aromatic carbocycles. The predicted molar refractivity (Wildman–Crippen MR) is 108 cm³/mol. The van der Waals surface area contributed by atoms with Crippen molar-refractivity contribution in [2.75, 3.05) is 38.4 Å². The largest absolute Gasteiger partial charge is 0.504 e. The Hall–Kier alpha value is -3.06. The maximum Gasteiger partial charge on any atom is 0.238 e. The monoisotopic (exact) mass is 383 g/mol. The highest BCUT2D eigenvalue weighted by molar-refractivity contribution is 5.98. The summed E-state index contributed by atoms with van der Waals surface area (Å²) >= 11 is 0. The van der Waals surface area contributed by atoms with Crippen molar-refractivity contribution in [3.63, 3.8) is 0 Å². The van der Waals surface area contributed by atoms with Gasteiger partial charge in [0.05, 0.1) is 13.7 Å². The molecule has 0 spiro atoms. The second-order valence-corrected chi connectivity index (χ2v) is 7.28. The molecule has 1 aliphatic rings. The fourth-order valence-corrected chi connectivity index (χ4v) is 3.46. The molecule has 3 rings (SSSR count). The van der Waals surface area contributed by atoms with E-state index in [1.165, 1.54) is 7.11 Å². The number of ether oxygens (including phenoxy) is 1. The van der Waals surface area contributed by atoms with Crippen LogP contribution in [0.1, 0.15) is 29.0 Å². The van der Waals surface area contributed by atoms with Crippen LogP contribution in [0.3, 0.4) is 0 Å². The molecule has 3 N–H and O–H groups in total. The molecule has 1 aliphatic heterocycles. The number of rotatable bonds is 5. The zero-order valence-electron chi connectivity index (χ0n) is 16.5. The van der Waals surface area contributed by atoms with Crippen LogP contribution in [0.5, 0.6) is 11.5 Å². The van der Waals surface area contributed by atoms with E-state index in [0.717, 1.165) is 16.7 Å². The summed E-state index contributed by atoms with van der Waals surface area (Å²) in [6, 6.07) is 8.96. The van der Waals surface area contributed by atoms with Crippen LogP contribution in [-0.4, -0.2) is 49.6 Å². The number of amides is 2. The summed E-state index contributed by atoms with van der Waals surface area (Å²) in [6.45, 7) is 2.20. The average molecular weight is 383 g/mol. The Morgan fingerprint density at radius 2 is 2.07 bits per heavy atom. The highest BCUT2D eigenvalue weighted by Gasteiger charge is 2.28. The first-order valence-electron chi connectivity index (χ1n) is 9.04. The number of hydrogen-bond acceptors (Lipinski definition) is 5. The molecular formula is C21H25N3O4. The molecule has 0 aliphatic carbocycles. The van der Waals surface area contributed by atoms with Gasteiger partial charge in [0.1, 0.15) is 0 Å². The summed E-state index contributed by atoms with van der Waals surface area (Å²) < 4.78 is 5.10. The highest BCUT2D eigenvalue weighted by atomic mass is 16.5. The molecule has 7 nitrogen and oxygen atoms in total. The molecule has 28 heavy (non-hydrogen) atoms. The Balaban J connectivity index is 1.96. The van der Waals surface area contributed by atoms with E-state index >= 15 is 0 Å². The second kappa shape index (κ2) is 7.90. The number of phenols is 1. The quantitative estimate of drug-likeness (QED) is 0.738. The number of carbonyl (C=O) groups is 2. The first-order chi connectivity index (χ1) is 13.3. The topological polar surface area (TPSA) is 90.9 Å². The first kappa shape index (κ1) is 19.7. The molecule has 0 aromatic heterocycles. The third-order valence-corrected chi connectivity index (χ3v) is 4.77. The van der Waals surface area contributed by atoms with Crippen molar-refractivity contribution in [3.8, 4) is 11.5 Å². The van der Waals surface area contributed by atoms with E-state index < -0.39 is 0 Å². The van der Waals surface area contributed by atoms with Crippen molar-refractivity contribution in [1.82, 2.24) is 4.90 Å². The van der Waals surface area contributed by atoms with Gasteiger partial charge in [0, 0.05) is 23.7 Å². The lowest BCUT2D eigenvalue weighted by Gasteiger charge is -2.28. The summed E-state index contributed by atoms with van der Waals surface area (Å²) in [5.41, 5.74) is 4.03. The van der Waals surface area contributed by atoms with Gasteiger partial charge < -0.3 is 25.4 Å². The van der Waals surface area contributed by atoms with Crippen molar-refractivity contribution < 1.29 is 19.4 Å². The van der Waals surface area contributed by atoms with E-state index in [4.69, 9.17) is 4.74 Å². The van der Waals surface area contributed by atoms with E-state index in [1.807, 2.05) is 33.2 Å². The number of benzene rings is 2. The van der Waals surface area contributed by atoms with Gasteiger partial charge in [0.25, 0.3) is 0 Å². The highest BCUT2D eigenvalue weighted by Crippen LogP contribution is 2.41. The van der Waals surface area contributed by atoms with Crippen LogP contribution in [0.15, 0.2) is 30.3 Å². The van der Waals surface area contributed by atoms with Crippen molar-refractivity contribution in [3.05, 3.63) is 47.0 Å². The smallest absolute Gasteiger partial charge is 0.238 e. The molecule has 1 unspecified atom stereocenters. The minimum atomic E-state index is -0.189. The molecule has 1 atom stereocenters. The first-order valence-corrected chi connectivity index (χ1v) is 9.04. The fourth-order valence-electron chi connectivity index (χ4n) is 3.46. The van der Waals surface area contributed by atoms with Gasteiger partial charge in [-0.25, -0.2) is 0 Å². The second-order valence-electron chi connectivity index (χ2n) is 7.28. The van der Waals surface area contributed by atoms with E-state index in [9.17, 15) is 14.7 Å². The number of aryl methyl sites for hydroxylation is 1. The zero-order chi connectivity index (χ0) is 20.4. The number of fused-ring (bicyclic) bond motifs is 1. The van der Waals surface area contributed by atoms with E-state index in [1.54, 1.807) is 23.1 Å². The number of likely N-dealkylation sites (N-methyl/N-ethyl adjacent to an activating group) is 1. The molecule has 0 radical (unpaired) electrons. The van der Waals surface area contributed by atoms with Crippen LogP contribution in [0.4, 0.5) is 11.4 Å². The molecule has 0 saturated carbocycles. The maximum atomic E-state index is 12.3. The molecule has 1 heterocycles. The number of aromatic hydroxyl groups is 1. The van der Waals surface area contributed by atoms with E-state index in [0.29, 0.717) is 17.1 Å². The lowest BCUT2D eigenvalue weighted by atomic mass is 9.83. The van der Waals surface area contributed by atoms with Gasteiger partial charge in [-0.15, -0.1) is 0 Å². The molecule has 0 bridgehead atoms. The van der Waals surface area contributed by atoms with Crippen LogP contribution >= 0.6 is 0 Å². The minimum absolute atomic E-state index is 0.0387. The van der Waals surface area contributed by atoms with Crippen LogP contribution in [0.25, 0.3) is 0 Å². The SMILES string of the molecule is COc1ccc(C2CC(=O)Nc3cc(NC(=O)CN(C)C)c(C)cc32)cc1O. The summed E-state index contributed by atoms with van der Waals surface area (Å²) in [6.07, 6.45) is 0.282. The van der Waals surface area contributed by atoms with Crippen molar-refractivity contribution >= 4 is 23.2 Å². The van der Waals surface area contributed by atoms with Crippen LogP contribution in [0.2, 0.25) is 0 Å². The van der Waals surface area contributed by atoms with Crippen molar-refractivity contribution in [2.45, 2.75) is 19.3 Å². The van der Waals surface area contributed by atoms with Gasteiger partial charge in [0.2, 0.25) is 11.8 Å². The molecule has 148 valence electrons. The molecule has 0 saturated heterocycles. The maximum absolute atomic E-state index is 12.3. The number of methoxy groups -OCH3 is 1. The number of phenolic OH excluding ortho intramolecular Hbond substituents is 1. The Kier molecular flexibility index (Phi) is 5.56. The number of nitrogens with one attached hydrogen (secondary N) is 2. The van der Waals surface area contributed by atoms with Gasteiger partial charge in [-0.2, -0.15) is 0 Å². The third-order valence-electron chi connectivity index (χ3n) is 4.77. The molecule has 0 fully saturated rings. The molecule has 2 aromatic rings. The predicted octanol–water partition coefficient (Wildman–Crippen LogP) is 2.68. The lowest BCUT2D eigenvalue weighted by Crippen LogP contribution is -2.28. The van der Waals surface area contributed by atoms with Crippen LogP contribution in [0, 0.1) is 6.92 Å². The zero-order valence-corrected chi connectivity index (χ0v) is 16.5. The van der Waals surface area contributed by atoms with Gasteiger partial charge in [-0.05, 0) is 55.9 Å². The summed E-state index contributed by atoms with van der Waals surface area (Å²) in [7, 11) is 5.15. The Morgan fingerprint density at radius 3 is 2.71 bits per heavy atom. The molecule has 7 heteroatoms. The van der Waals surface area contributed by atoms with Gasteiger partial charge in [-0.3, -0.25) is 9.59 Å². The molecular weight excluding hydrogens is 358 g/mol. The Labute approximate surface area is 164 Å². The van der Waals surface area contributed by atoms with Crippen LogP contribution < -0.4 is 15.4 Å². The fraction of sp³-hybridized carbons (Fsp3) is 0.333. The van der Waals surface area contributed by atoms with Gasteiger partial charge >= 0.3 is 0 Å². The summed E-state index contributed by atoms with van der Waals surface area (Å²) in [5.74, 6) is 0.0102. The van der Waals surface area contributed by atoms with Crippen LogP contribution in [-0.2, 0) is 9.59 Å². The number of carbonyl (C=O) groups excluding carboxylic acids is 2. The van der Waals surface area contributed by atoms with Gasteiger partial charge in [0.15, 0.2) is 11.5 Å². The van der Waals surface area contributed by atoms with Gasteiger partial charge in [-0.1, -0.05) is 12.1 Å². The minimum Gasteiger partial charge on any atom is -0.504 e. The lowest BCUT2D eigenvalue weighted by molar-refractivity contribution is -0.117. The summed E-state index contributed by atoms with van der Waals surface area (Å²) in [4.78, 5) is 26.2. The number of hydrogen-bond donors (Lipinski definition) is 3. The summed E-state index contributed by atoms with van der Waals surface area (Å²) in [5, 5.41) is 15.9.